The van der Waals surface area contributed by atoms with Crippen LogP contribution in [0.4, 0.5) is 0 Å². The zero-order chi connectivity index (χ0) is 20.8. The Balaban J connectivity index is 1.65. The highest BCUT2D eigenvalue weighted by Crippen LogP contribution is 2.37. The minimum Gasteiger partial charge on any atom is -0.493 e. The molecule has 9 heteroatoms. The number of furan rings is 1. The first-order valence-corrected chi connectivity index (χ1v) is 9.39. The lowest BCUT2D eigenvalue weighted by Crippen LogP contribution is -2.08. The Hall–Kier alpha value is -3.00. The lowest BCUT2D eigenvalue weighted by Gasteiger charge is -2.14. The molecule has 0 N–H and O–H groups in total. The molecular weight excluding hydrogens is 400 g/mol. The number of nitrogens with zero attached hydrogens (tertiary/aromatic N) is 2. The predicted octanol–water partition coefficient (Wildman–Crippen LogP) is 4.77. The molecule has 0 aliphatic rings. The van der Waals surface area contributed by atoms with Crippen molar-refractivity contribution in [1.29, 1.82) is 0 Å². The molecule has 1 aromatic carbocycles. The van der Waals surface area contributed by atoms with Crippen LogP contribution in [0.15, 0.2) is 39.4 Å². The third kappa shape index (κ3) is 5.29. The largest absolute Gasteiger partial charge is 0.493 e. The third-order valence-electron chi connectivity index (χ3n) is 3.93. The SMILES string of the molecule is COc1cc(C(=O)OCc2nnc(-c3ccco3)o2)cc(Cl)c1OCCC(C)C. The number of hydrogen-bond acceptors (Lipinski definition) is 8. The zero-order valence-electron chi connectivity index (χ0n) is 16.3. The van der Waals surface area contributed by atoms with Crippen molar-refractivity contribution < 1.29 is 27.8 Å². The Kier molecular flexibility index (Phi) is 6.77. The highest BCUT2D eigenvalue weighted by molar-refractivity contribution is 6.32. The Labute approximate surface area is 172 Å². The van der Waals surface area contributed by atoms with E-state index in [1.165, 1.54) is 25.5 Å². The molecule has 3 aromatic rings. The van der Waals surface area contributed by atoms with Gasteiger partial charge in [0, 0.05) is 0 Å². The van der Waals surface area contributed by atoms with E-state index in [-0.39, 0.29) is 29.0 Å². The van der Waals surface area contributed by atoms with Crippen LogP contribution in [0, 0.1) is 5.92 Å². The molecule has 8 nitrogen and oxygen atoms in total. The molecule has 2 heterocycles. The van der Waals surface area contributed by atoms with Crippen LogP contribution >= 0.6 is 11.6 Å². The summed E-state index contributed by atoms with van der Waals surface area (Å²) < 4.78 is 26.8. The zero-order valence-corrected chi connectivity index (χ0v) is 17.1. The van der Waals surface area contributed by atoms with Crippen molar-refractivity contribution in [2.24, 2.45) is 5.92 Å². The molecule has 0 fully saturated rings. The number of carbonyl (C=O) groups excluding carboxylic acids is 1. The van der Waals surface area contributed by atoms with Crippen molar-refractivity contribution in [3.63, 3.8) is 0 Å². The van der Waals surface area contributed by atoms with Gasteiger partial charge in [0.1, 0.15) is 0 Å². The first kappa shape index (κ1) is 20.7. The molecule has 3 rings (SSSR count). The van der Waals surface area contributed by atoms with Gasteiger partial charge in [-0.2, -0.15) is 0 Å². The number of aromatic nitrogens is 2. The van der Waals surface area contributed by atoms with E-state index < -0.39 is 5.97 Å². The van der Waals surface area contributed by atoms with E-state index >= 15 is 0 Å². The van der Waals surface area contributed by atoms with Crippen molar-refractivity contribution in [3.05, 3.63) is 47.0 Å². The predicted molar refractivity (Wildman–Crippen MR) is 104 cm³/mol. The number of methoxy groups -OCH3 is 1. The molecule has 0 aliphatic heterocycles. The van der Waals surface area contributed by atoms with E-state index in [0.29, 0.717) is 29.8 Å². The van der Waals surface area contributed by atoms with Gasteiger partial charge >= 0.3 is 5.97 Å². The van der Waals surface area contributed by atoms with Crippen molar-refractivity contribution in [2.45, 2.75) is 26.9 Å². The van der Waals surface area contributed by atoms with Crippen LogP contribution in [-0.4, -0.2) is 29.9 Å². The molecule has 0 spiro atoms. The van der Waals surface area contributed by atoms with E-state index in [9.17, 15) is 4.79 Å². The minimum atomic E-state index is -0.614. The fourth-order valence-electron chi connectivity index (χ4n) is 2.40. The van der Waals surface area contributed by atoms with Gasteiger partial charge in [0.05, 0.1) is 30.6 Å². The number of ether oxygens (including phenoxy) is 3. The van der Waals surface area contributed by atoms with Gasteiger partial charge in [-0.05, 0) is 36.6 Å². The quantitative estimate of drug-likeness (QED) is 0.456. The summed E-state index contributed by atoms with van der Waals surface area (Å²) in [7, 11) is 1.48. The van der Waals surface area contributed by atoms with E-state index in [0.717, 1.165) is 6.42 Å². The normalized spacial score (nSPS) is 10.9. The van der Waals surface area contributed by atoms with Crippen LogP contribution in [0.2, 0.25) is 5.02 Å². The van der Waals surface area contributed by atoms with Gasteiger partial charge in [-0.1, -0.05) is 25.4 Å². The van der Waals surface area contributed by atoms with Crippen molar-refractivity contribution in [2.75, 3.05) is 13.7 Å². The van der Waals surface area contributed by atoms with Gasteiger partial charge in [0.15, 0.2) is 23.9 Å². The molecule has 0 radical (unpaired) electrons. The summed E-state index contributed by atoms with van der Waals surface area (Å²) in [6.07, 6.45) is 2.36. The summed E-state index contributed by atoms with van der Waals surface area (Å²) in [6, 6.07) is 6.37. The molecule has 0 amide bonds. The molecule has 0 bridgehead atoms. The number of halogens is 1. The number of benzene rings is 1. The molecule has 154 valence electrons. The maximum atomic E-state index is 12.4. The van der Waals surface area contributed by atoms with Crippen molar-refractivity contribution >= 4 is 17.6 Å². The molecule has 0 unspecified atom stereocenters. The standard InChI is InChI=1S/C20H21ClN2O6/c1-12(2)6-8-27-18-14(21)9-13(10-16(18)25-3)20(24)28-11-17-22-23-19(29-17)15-5-4-7-26-15/h4-5,7,9-10,12H,6,8,11H2,1-3H3. The van der Waals surface area contributed by atoms with Gasteiger partial charge in [0.2, 0.25) is 0 Å². The second-order valence-corrected chi connectivity index (χ2v) is 6.98. The Morgan fingerprint density at radius 1 is 1.28 bits per heavy atom. The van der Waals surface area contributed by atoms with Crippen LogP contribution < -0.4 is 9.47 Å². The van der Waals surface area contributed by atoms with Crippen LogP contribution in [0.1, 0.15) is 36.5 Å². The summed E-state index contributed by atoms with van der Waals surface area (Å²) in [5.74, 6) is 1.39. The fraction of sp³-hybridized carbons (Fsp3) is 0.350. The lowest BCUT2D eigenvalue weighted by atomic mass is 10.1. The molecular formula is C20H21ClN2O6. The molecule has 0 saturated heterocycles. The summed E-state index contributed by atoms with van der Waals surface area (Å²) in [5, 5.41) is 7.93. The van der Waals surface area contributed by atoms with Crippen molar-refractivity contribution in [3.8, 4) is 23.1 Å². The van der Waals surface area contributed by atoms with Gasteiger partial charge in [-0.25, -0.2) is 4.79 Å². The van der Waals surface area contributed by atoms with Crippen LogP contribution in [0.3, 0.4) is 0 Å². The smallest absolute Gasteiger partial charge is 0.338 e. The lowest BCUT2D eigenvalue weighted by molar-refractivity contribution is 0.0438. The highest BCUT2D eigenvalue weighted by Gasteiger charge is 2.18. The molecule has 0 aliphatic carbocycles. The molecule has 29 heavy (non-hydrogen) atoms. The monoisotopic (exact) mass is 420 g/mol. The second-order valence-electron chi connectivity index (χ2n) is 6.57. The van der Waals surface area contributed by atoms with Gasteiger partial charge in [0.25, 0.3) is 11.8 Å². The number of carbonyl (C=O) groups is 1. The number of hydrogen-bond donors (Lipinski definition) is 0. The Morgan fingerprint density at radius 2 is 2.10 bits per heavy atom. The van der Waals surface area contributed by atoms with Gasteiger partial charge in [-0.15, -0.1) is 10.2 Å². The topological polar surface area (TPSA) is 96.8 Å². The summed E-state index contributed by atoms with van der Waals surface area (Å²) in [6.45, 7) is 4.50. The first-order chi connectivity index (χ1) is 14.0. The average molecular weight is 421 g/mol. The van der Waals surface area contributed by atoms with Crippen LogP contribution in [-0.2, 0) is 11.3 Å². The van der Waals surface area contributed by atoms with E-state index in [2.05, 4.69) is 24.0 Å². The van der Waals surface area contributed by atoms with E-state index in [1.54, 1.807) is 12.1 Å². The molecule has 2 aromatic heterocycles. The summed E-state index contributed by atoms with van der Waals surface area (Å²) in [5.41, 5.74) is 0.217. The van der Waals surface area contributed by atoms with Crippen LogP contribution in [0.5, 0.6) is 11.5 Å². The van der Waals surface area contributed by atoms with Crippen molar-refractivity contribution in [1.82, 2.24) is 10.2 Å². The second kappa shape index (κ2) is 9.47. The minimum absolute atomic E-state index is 0.136. The summed E-state index contributed by atoms with van der Waals surface area (Å²) >= 11 is 6.29. The van der Waals surface area contributed by atoms with E-state index in [4.69, 9.17) is 34.6 Å². The Morgan fingerprint density at radius 3 is 2.79 bits per heavy atom. The highest BCUT2D eigenvalue weighted by atomic mass is 35.5. The molecule has 0 atom stereocenters. The maximum Gasteiger partial charge on any atom is 0.338 e. The summed E-state index contributed by atoms with van der Waals surface area (Å²) in [4.78, 5) is 12.4. The average Bonchev–Trinajstić information content (AvgIpc) is 3.38. The third-order valence-corrected chi connectivity index (χ3v) is 4.21. The fourth-order valence-corrected chi connectivity index (χ4v) is 2.66. The van der Waals surface area contributed by atoms with Gasteiger partial charge in [-0.3, -0.25) is 0 Å². The van der Waals surface area contributed by atoms with Gasteiger partial charge < -0.3 is 23.0 Å². The molecule has 0 saturated carbocycles. The van der Waals surface area contributed by atoms with Crippen LogP contribution in [0.25, 0.3) is 11.7 Å². The number of rotatable bonds is 9. The Bertz CT molecular complexity index is 952. The maximum absolute atomic E-state index is 12.4. The van der Waals surface area contributed by atoms with E-state index in [1.807, 2.05) is 0 Å². The first-order valence-electron chi connectivity index (χ1n) is 9.01. The number of esters is 1.